The first-order valence-corrected chi connectivity index (χ1v) is 6.24. The van der Waals surface area contributed by atoms with E-state index in [4.69, 9.17) is 10.3 Å². The quantitative estimate of drug-likeness (QED) is 0.629. The second kappa shape index (κ2) is 4.17. The molecule has 1 unspecified atom stereocenters. The minimum absolute atomic E-state index is 0.163. The van der Waals surface area contributed by atoms with Crippen molar-refractivity contribution in [3.05, 3.63) is 35.6 Å². The van der Waals surface area contributed by atoms with Crippen molar-refractivity contribution in [3.63, 3.8) is 0 Å². The summed E-state index contributed by atoms with van der Waals surface area (Å²) >= 11 is 0. The number of fused-ring (bicyclic) bond motifs is 1. The van der Waals surface area contributed by atoms with Gasteiger partial charge >= 0.3 is 0 Å². The molecule has 1 aromatic carbocycles. The van der Waals surface area contributed by atoms with Crippen molar-refractivity contribution in [3.8, 4) is 0 Å². The number of benzene rings is 1. The Bertz CT molecular complexity index is 528. The van der Waals surface area contributed by atoms with Crippen LogP contribution in [0, 0.1) is 12.8 Å². The molecule has 2 aromatic rings. The van der Waals surface area contributed by atoms with Gasteiger partial charge in [0, 0.05) is 5.39 Å². The Balaban J connectivity index is 1.98. The molecule has 3 nitrogen and oxygen atoms in total. The molecule has 0 amide bonds. The van der Waals surface area contributed by atoms with Crippen LogP contribution in [0.25, 0.3) is 11.0 Å². The van der Waals surface area contributed by atoms with Crippen molar-refractivity contribution in [1.29, 1.82) is 0 Å². The van der Waals surface area contributed by atoms with Crippen LogP contribution in [0.15, 0.2) is 28.7 Å². The number of hydrogen-bond acceptors (Lipinski definition) is 3. The van der Waals surface area contributed by atoms with Gasteiger partial charge in [0.15, 0.2) is 0 Å². The van der Waals surface area contributed by atoms with E-state index in [2.05, 4.69) is 30.5 Å². The minimum Gasteiger partial charge on any atom is -0.459 e. The average molecular weight is 230 g/mol. The average Bonchev–Trinajstić information content (AvgIpc) is 2.65. The second-order valence-electron chi connectivity index (χ2n) is 5.03. The zero-order valence-corrected chi connectivity index (χ0v) is 10.1. The molecule has 0 aliphatic heterocycles. The van der Waals surface area contributed by atoms with Crippen molar-refractivity contribution < 1.29 is 4.42 Å². The molecular formula is C14H18N2O. The highest BCUT2D eigenvalue weighted by Gasteiger charge is 2.29. The zero-order valence-electron chi connectivity index (χ0n) is 10.1. The van der Waals surface area contributed by atoms with Crippen LogP contribution in [-0.2, 0) is 0 Å². The summed E-state index contributed by atoms with van der Waals surface area (Å²) in [4.78, 5) is 0. The summed E-state index contributed by atoms with van der Waals surface area (Å²) in [7, 11) is 0. The summed E-state index contributed by atoms with van der Waals surface area (Å²) in [5.41, 5.74) is 5.11. The van der Waals surface area contributed by atoms with E-state index in [0.29, 0.717) is 5.92 Å². The lowest BCUT2D eigenvalue weighted by atomic mass is 9.79. The number of aryl methyl sites for hydroxylation is 1. The Morgan fingerprint density at radius 3 is 2.82 bits per heavy atom. The van der Waals surface area contributed by atoms with Gasteiger partial charge in [-0.3, -0.25) is 5.84 Å². The van der Waals surface area contributed by atoms with E-state index < -0.39 is 0 Å². The van der Waals surface area contributed by atoms with E-state index >= 15 is 0 Å². The maximum absolute atomic E-state index is 5.89. The first kappa shape index (κ1) is 10.8. The van der Waals surface area contributed by atoms with Gasteiger partial charge in [-0.25, -0.2) is 5.43 Å². The summed E-state index contributed by atoms with van der Waals surface area (Å²) in [6, 6.07) is 8.53. The molecule has 0 bridgehead atoms. The highest BCUT2D eigenvalue weighted by molar-refractivity contribution is 5.78. The Morgan fingerprint density at radius 1 is 1.35 bits per heavy atom. The van der Waals surface area contributed by atoms with Gasteiger partial charge in [-0.15, -0.1) is 0 Å². The van der Waals surface area contributed by atoms with Crippen molar-refractivity contribution in [2.75, 3.05) is 0 Å². The minimum atomic E-state index is 0.163. The van der Waals surface area contributed by atoms with Crippen molar-refractivity contribution >= 4 is 11.0 Å². The highest BCUT2D eigenvalue weighted by atomic mass is 16.3. The van der Waals surface area contributed by atoms with E-state index in [-0.39, 0.29) is 6.04 Å². The molecule has 17 heavy (non-hydrogen) atoms. The molecule has 1 aromatic heterocycles. The van der Waals surface area contributed by atoms with Crippen molar-refractivity contribution in [2.45, 2.75) is 32.2 Å². The fourth-order valence-corrected chi connectivity index (χ4v) is 2.56. The molecule has 1 saturated carbocycles. The smallest absolute Gasteiger partial charge is 0.134 e. The molecule has 1 heterocycles. The van der Waals surface area contributed by atoms with Gasteiger partial charge in [0.05, 0.1) is 6.04 Å². The van der Waals surface area contributed by atoms with Crippen LogP contribution in [0.1, 0.15) is 36.6 Å². The van der Waals surface area contributed by atoms with Crippen LogP contribution in [-0.4, -0.2) is 0 Å². The summed E-state index contributed by atoms with van der Waals surface area (Å²) in [6.07, 6.45) is 3.79. The van der Waals surface area contributed by atoms with Crippen molar-refractivity contribution in [2.24, 2.45) is 11.8 Å². The Morgan fingerprint density at radius 2 is 2.18 bits per heavy atom. The molecule has 1 aliphatic rings. The number of hydrazine groups is 1. The largest absolute Gasteiger partial charge is 0.459 e. The number of hydrogen-bond donors (Lipinski definition) is 2. The maximum atomic E-state index is 5.89. The number of rotatable bonds is 3. The fourth-order valence-electron chi connectivity index (χ4n) is 2.56. The van der Waals surface area contributed by atoms with E-state index in [9.17, 15) is 0 Å². The summed E-state index contributed by atoms with van der Waals surface area (Å²) in [5, 5.41) is 1.17. The van der Waals surface area contributed by atoms with Gasteiger partial charge in [0.25, 0.3) is 0 Å². The van der Waals surface area contributed by atoms with Gasteiger partial charge in [-0.05, 0) is 43.9 Å². The van der Waals surface area contributed by atoms with Crippen LogP contribution in [0.5, 0.6) is 0 Å². The number of nitrogens with one attached hydrogen (secondary N) is 1. The molecule has 3 N–H and O–H groups in total. The molecule has 0 spiro atoms. The predicted octanol–water partition coefficient (Wildman–Crippen LogP) is 3.05. The van der Waals surface area contributed by atoms with Gasteiger partial charge in [-0.1, -0.05) is 18.1 Å². The molecule has 3 heteroatoms. The number of furan rings is 1. The first-order valence-electron chi connectivity index (χ1n) is 6.24. The van der Waals surface area contributed by atoms with Crippen LogP contribution < -0.4 is 11.3 Å². The molecule has 1 aliphatic carbocycles. The van der Waals surface area contributed by atoms with Gasteiger partial charge in [0.1, 0.15) is 11.3 Å². The van der Waals surface area contributed by atoms with Crippen LogP contribution in [0.3, 0.4) is 0 Å². The molecule has 0 saturated heterocycles. The Hall–Kier alpha value is -1.32. The summed E-state index contributed by atoms with van der Waals surface area (Å²) in [6.45, 7) is 2.09. The van der Waals surface area contributed by atoms with Gasteiger partial charge < -0.3 is 4.42 Å². The van der Waals surface area contributed by atoms with E-state index in [1.807, 2.05) is 6.07 Å². The molecule has 1 fully saturated rings. The van der Waals surface area contributed by atoms with E-state index in [0.717, 1.165) is 11.3 Å². The molecule has 3 rings (SSSR count). The number of nitrogens with two attached hydrogens (primary N) is 1. The van der Waals surface area contributed by atoms with Crippen LogP contribution in [0.2, 0.25) is 0 Å². The maximum Gasteiger partial charge on any atom is 0.134 e. The monoisotopic (exact) mass is 230 g/mol. The lowest BCUT2D eigenvalue weighted by Crippen LogP contribution is -2.36. The Labute approximate surface area is 101 Å². The molecule has 0 radical (unpaired) electrons. The highest BCUT2D eigenvalue weighted by Crippen LogP contribution is 2.38. The lowest BCUT2D eigenvalue weighted by Gasteiger charge is -2.31. The predicted molar refractivity (Wildman–Crippen MR) is 68.4 cm³/mol. The standard InChI is InChI=1S/C14H18N2O/c1-9-5-6-12-11(7-9)8-13(17-12)14(16-15)10-3-2-4-10/h5-8,10,14,16H,2-4,15H2,1H3. The normalized spacial score (nSPS) is 18.2. The third-order valence-electron chi connectivity index (χ3n) is 3.80. The lowest BCUT2D eigenvalue weighted by molar-refractivity contribution is 0.211. The molecular weight excluding hydrogens is 212 g/mol. The zero-order chi connectivity index (χ0) is 11.8. The van der Waals surface area contributed by atoms with E-state index in [1.165, 1.54) is 30.2 Å². The summed E-state index contributed by atoms with van der Waals surface area (Å²) < 4.78 is 5.89. The van der Waals surface area contributed by atoms with Gasteiger partial charge in [-0.2, -0.15) is 0 Å². The first-order chi connectivity index (χ1) is 8.28. The van der Waals surface area contributed by atoms with E-state index in [1.54, 1.807) is 0 Å². The third kappa shape index (κ3) is 1.85. The third-order valence-corrected chi connectivity index (χ3v) is 3.80. The topological polar surface area (TPSA) is 51.2 Å². The second-order valence-corrected chi connectivity index (χ2v) is 5.03. The van der Waals surface area contributed by atoms with Gasteiger partial charge in [0.2, 0.25) is 0 Å². The van der Waals surface area contributed by atoms with Crippen LogP contribution >= 0.6 is 0 Å². The fraction of sp³-hybridized carbons (Fsp3) is 0.429. The molecule has 1 atom stereocenters. The van der Waals surface area contributed by atoms with Crippen molar-refractivity contribution in [1.82, 2.24) is 5.43 Å². The molecule has 90 valence electrons. The van der Waals surface area contributed by atoms with Crippen LogP contribution in [0.4, 0.5) is 0 Å². The summed E-state index contributed by atoms with van der Waals surface area (Å²) in [5.74, 6) is 7.25. The Kier molecular flexibility index (Phi) is 2.65. The SMILES string of the molecule is Cc1ccc2oc(C(NN)C3CCC3)cc2c1.